The highest BCUT2D eigenvalue weighted by Crippen LogP contribution is 2.44. The quantitative estimate of drug-likeness (QED) is 0.102. The normalized spacial score (nSPS) is 28.2. The molecule has 4 fully saturated rings. The second kappa shape index (κ2) is 13.7. The summed E-state index contributed by atoms with van der Waals surface area (Å²) in [7, 11) is 5.56. The highest BCUT2D eigenvalue weighted by atomic mass is 32.2. The smallest absolute Gasteiger partial charge is 0.352 e. The Morgan fingerprint density at radius 2 is 1.43 bits per heavy atom. The summed E-state index contributed by atoms with van der Waals surface area (Å²) in [4.78, 5) is 79.3. The Morgan fingerprint density at radius 1 is 0.922 bits per heavy atom. The number of anilines is 1. The first kappa shape index (κ1) is 35.7. The summed E-state index contributed by atoms with van der Waals surface area (Å²) < 4.78 is 1.48. The number of carbonyl (C=O) groups excluding carboxylic acids is 4. The number of nitrogens with two attached hydrogens (primary N) is 1. The summed E-state index contributed by atoms with van der Waals surface area (Å²) in [6, 6.07) is -1.89. The number of aromatic nitrogens is 1. The largest absolute Gasteiger partial charge is 0.477 e. The van der Waals surface area contributed by atoms with E-state index in [1.165, 1.54) is 40.4 Å². The molecule has 274 valence electrons. The molecule has 0 radical (unpaired) electrons. The number of fused-ring (bicyclic) bond motifs is 2. The van der Waals surface area contributed by atoms with Gasteiger partial charge in [-0.05, 0) is 0 Å². The maximum absolute atomic E-state index is 14.3. The summed E-state index contributed by atoms with van der Waals surface area (Å²) in [5, 5.41) is 20.3. The van der Waals surface area contributed by atoms with Crippen molar-refractivity contribution in [2.24, 2.45) is 5.16 Å². The van der Waals surface area contributed by atoms with Gasteiger partial charge in [0.05, 0.1) is 40.3 Å². The number of quaternary nitrogens is 2. The van der Waals surface area contributed by atoms with E-state index in [0.717, 1.165) is 83.3 Å². The number of carboxylic acids is 1. The van der Waals surface area contributed by atoms with Gasteiger partial charge in [-0.3, -0.25) is 29.0 Å². The predicted octanol–water partition coefficient (Wildman–Crippen LogP) is -0.0508. The number of rotatable bonds is 11. The summed E-state index contributed by atoms with van der Waals surface area (Å²) >= 11 is 4.05. The van der Waals surface area contributed by atoms with Crippen LogP contribution in [0.3, 0.4) is 0 Å². The molecular formula is C32H43N9O7S3+2. The SMILES string of the molecule is CO/N=C(/C(=O)N[C@@H]1C(=O)N2C(C(=O)N[C@@H]3C(=O)N4C(C(=O)O)=C(C[N+]5(C)CCCC5)CS[C@H]34)=C(C[N+]3(C)CCCC3)CS[C@H]12)c1csc(N)n1. The first-order chi connectivity index (χ1) is 24.3. The molecule has 1 aromatic rings. The third kappa shape index (κ3) is 6.51. The van der Waals surface area contributed by atoms with Crippen LogP contribution in [-0.4, -0.2) is 159 Å². The zero-order chi connectivity index (χ0) is 36.2. The molecule has 6 aliphatic rings. The van der Waals surface area contributed by atoms with Gasteiger partial charge in [-0.1, -0.05) is 5.16 Å². The molecule has 51 heavy (non-hydrogen) atoms. The number of aliphatic carboxylic acids is 1. The maximum Gasteiger partial charge on any atom is 0.352 e. The monoisotopic (exact) mass is 761 g/mol. The van der Waals surface area contributed by atoms with Crippen LogP contribution in [0.5, 0.6) is 0 Å². The van der Waals surface area contributed by atoms with Crippen molar-refractivity contribution in [2.45, 2.75) is 48.5 Å². The number of likely N-dealkylation sites (N-methyl/N-ethyl adjacent to an activating group) is 2. The van der Waals surface area contributed by atoms with Gasteiger partial charge in [0, 0.05) is 53.7 Å². The fourth-order valence-electron chi connectivity index (χ4n) is 8.17. The van der Waals surface area contributed by atoms with Gasteiger partial charge in [-0.25, -0.2) is 9.78 Å². The number of thioether (sulfide) groups is 2. The van der Waals surface area contributed by atoms with E-state index in [1.54, 1.807) is 5.38 Å². The van der Waals surface area contributed by atoms with Crippen LogP contribution in [-0.2, 0) is 28.8 Å². The lowest BCUT2D eigenvalue weighted by molar-refractivity contribution is -0.893. The number of oxime groups is 1. The predicted molar refractivity (Wildman–Crippen MR) is 192 cm³/mol. The molecule has 0 spiro atoms. The Bertz CT molecular complexity index is 1760. The molecule has 7 rings (SSSR count). The molecule has 4 amide bonds. The van der Waals surface area contributed by atoms with Crippen LogP contribution in [0.4, 0.5) is 5.13 Å². The van der Waals surface area contributed by atoms with Crippen LogP contribution in [0.15, 0.2) is 33.1 Å². The van der Waals surface area contributed by atoms with E-state index < -0.39 is 52.4 Å². The summed E-state index contributed by atoms with van der Waals surface area (Å²) in [6.07, 6.45) is 4.31. The number of nitrogens with one attached hydrogen (secondary N) is 2. The van der Waals surface area contributed by atoms with E-state index in [4.69, 9.17) is 10.6 Å². The first-order valence-electron chi connectivity index (χ1n) is 17.0. The van der Waals surface area contributed by atoms with Crippen LogP contribution in [0.1, 0.15) is 31.4 Å². The van der Waals surface area contributed by atoms with Gasteiger partial charge in [0.1, 0.15) is 60.1 Å². The number of hydrogen-bond acceptors (Lipinski definition) is 12. The van der Waals surface area contributed by atoms with E-state index >= 15 is 0 Å². The van der Waals surface area contributed by atoms with Crippen molar-refractivity contribution in [3.63, 3.8) is 0 Å². The van der Waals surface area contributed by atoms with Gasteiger partial charge >= 0.3 is 5.97 Å². The van der Waals surface area contributed by atoms with Crippen molar-refractivity contribution in [3.8, 4) is 0 Å². The molecule has 0 aromatic carbocycles. The molecule has 4 atom stereocenters. The number of nitrogens with zero attached hydrogens (tertiary/aromatic N) is 6. The van der Waals surface area contributed by atoms with Gasteiger partial charge < -0.3 is 35.3 Å². The Kier molecular flexibility index (Phi) is 9.62. The molecule has 0 aliphatic carbocycles. The molecule has 0 bridgehead atoms. The van der Waals surface area contributed by atoms with E-state index in [1.807, 2.05) is 0 Å². The van der Waals surface area contributed by atoms with Crippen LogP contribution >= 0.6 is 34.9 Å². The number of amides is 4. The molecule has 1 aromatic heterocycles. The second-order valence-electron chi connectivity index (χ2n) is 14.5. The van der Waals surface area contributed by atoms with Crippen molar-refractivity contribution in [1.29, 1.82) is 0 Å². The number of carboxylic acid groups (broad SMARTS) is 1. The lowest BCUT2D eigenvalue weighted by Gasteiger charge is -2.52. The zero-order valence-corrected chi connectivity index (χ0v) is 31.2. The fourth-order valence-corrected chi connectivity index (χ4v) is 11.4. The molecule has 16 nitrogen and oxygen atoms in total. The Balaban J connectivity index is 1.11. The van der Waals surface area contributed by atoms with Crippen LogP contribution in [0, 0.1) is 0 Å². The number of β-lactam (4-membered cyclic amide) rings is 2. The maximum atomic E-state index is 14.3. The Hall–Kier alpha value is -3.65. The molecule has 7 heterocycles. The summed E-state index contributed by atoms with van der Waals surface area (Å²) in [5.41, 5.74) is 7.59. The molecule has 4 saturated heterocycles. The van der Waals surface area contributed by atoms with Gasteiger partial charge in [0.15, 0.2) is 10.8 Å². The van der Waals surface area contributed by atoms with Gasteiger partial charge in [0.25, 0.3) is 23.6 Å². The minimum Gasteiger partial charge on any atom is -0.477 e. The van der Waals surface area contributed by atoms with Crippen LogP contribution < -0.4 is 16.4 Å². The number of hydrogen-bond donors (Lipinski definition) is 4. The Morgan fingerprint density at radius 3 is 1.92 bits per heavy atom. The van der Waals surface area contributed by atoms with Crippen molar-refractivity contribution in [1.82, 2.24) is 25.4 Å². The number of nitrogen functional groups attached to an aromatic ring is 1. The molecule has 6 aliphatic heterocycles. The molecule has 0 saturated carbocycles. The van der Waals surface area contributed by atoms with Crippen molar-refractivity contribution in [2.75, 3.05) is 77.7 Å². The highest BCUT2D eigenvalue weighted by molar-refractivity contribution is 8.00. The van der Waals surface area contributed by atoms with Gasteiger partial charge in [-0.2, -0.15) is 0 Å². The van der Waals surface area contributed by atoms with Crippen molar-refractivity contribution < 1.29 is 42.9 Å². The van der Waals surface area contributed by atoms with Crippen LogP contribution in [0.25, 0.3) is 0 Å². The highest BCUT2D eigenvalue weighted by Gasteiger charge is 2.58. The van der Waals surface area contributed by atoms with E-state index in [9.17, 15) is 29.1 Å². The topological polar surface area (TPSA) is 197 Å². The third-order valence-electron chi connectivity index (χ3n) is 10.7. The van der Waals surface area contributed by atoms with E-state index in [-0.39, 0.29) is 27.9 Å². The molecule has 0 unspecified atom stereocenters. The Labute approximate surface area is 307 Å². The minimum absolute atomic E-state index is 0.0224. The summed E-state index contributed by atoms with van der Waals surface area (Å²) in [6.45, 7) is 4.96. The average molecular weight is 762 g/mol. The number of carbonyl (C=O) groups is 5. The lowest BCUT2D eigenvalue weighted by Crippen LogP contribution is -2.74. The fraction of sp³-hybridized carbons (Fsp3) is 0.594. The van der Waals surface area contributed by atoms with Gasteiger partial charge in [0.2, 0.25) is 0 Å². The van der Waals surface area contributed by atoms with Crippen molar-refractivity contribution in [3.05, 3.63) is 33.6 Å². The van der Waals surface area contributed by atoms with Crippen LogP contribution in [0.2, 0.25) is 0 Å². The van der Waals surface area contributed by atoms with E-state index in [0.29, 0.717) is 24.6 Å². The van der Waals surface area contributed by atoms with E-state index in [2.05, 4.69) is 34.9 Å². The number of thiazole rings is 1. The van der Waals surface area contributed by atoms with Gasteiger partial charge in [-0.15, -0.1) is 34.9 Å². The molecule has 19 heteroatoms. The summed E-state index contributed by atoms with van der Waals surface area (Å²) in [5.74, 6) is -2.41. The van der Waals surface area contributed by atoms with Crippen molar-refractivity contribution >= 4 is 75.3 Å². The standard InChI is InChI=1S/C32H41N9O7S3/c1-40(8-4-5-9-40)12-17-14-49-29-21(35-25(42)20(37-48-3)19-16-51-32(33)34-19)27(44)38(29)23(17)26(43)36-22-28(45)39-24(31(46)47)18(15-50-30(22)39)13-41(2)10-6-7-11-41/h16,21-22,29-30H,4-15H2,1-3H3,(H3-2,33,34,35,36,42,43,46,47)/p+2/b37-20+/t21-,22-,29-,30-/m1/s1. The second-order valence-corrected chi connectivity index (χ2v) is 17.6. The third-order valence-corrected chi connectivity index (χ3v) is 14.0. The zero-order valence-electron chi connectivity index (χ0n) is 28.8. The average Bonchev–Trinajstić information content (AvgIpc) is 3.85. The number of likely N-dealkylation sites (tertiary alicyclic amines) is 2. The lowest BCUT2D eigenvalue weighted by atomic mass is 9.99. The molecule has 5 N–H and O–H groups in total. The first-order valence-corrected chi connectivity index (χ1v) is 20.0. The minimum atomic E-state index is -1.14. The molecular weight excluding hydrogens is 719 g/mol.